The van der Waals surface area contributed by atoms with E-state index in [1.54, 1.807) is 25.3 Å². The molecule has 1 fully saturated rings. The minimum atomic E-state index is -0.650. The predicted molar refractivity (Wildman–Crippen MR) is 103 cm³/mol. The second-order valence-electron chi connectivity index (χ2n) is 6.60. The molecule has 2 amide bonds. The van der Waals surface area contributed by atoms with E-state index in [0.29, 0.717) is 6.54 Å². The van der Waals surface area contributed by atoms with Crippen LogP contribution in [0.1, 0.15) is 18.7 Å². The van der Waals surface area contributed by atoms with Crippen molar-refractivity contribution in [2.45, 2.75) is 13.0 Å². The molecule has 1 unspecified atom stereocenters. The van der Waals surface area contributed by atoms with Crippen molar-refractivity contribution in [3.8, 4) is 0 Å². The number of amides is 2. The van der Waals surface area contributed by atoms with Gasteiger partial charge in [-0.2, -0.15) is 0 Å². The van der Waals surface area contributed by atoms with Crippen molar-refractivity contribution < 1.29 is 18.4 Å². The van der Waals surface area contributed by atoms with Gasteiger partial charge < -0.3 is 20.0 Å². The fourth-order valence-corrected chi connectivity index (χ4v) is 3.34. The molecule has 7 nitrogen and oxygen atoms in total. The molecule has 1 aromatic heterocycles. The number of furan rings is 1. The monoisotopic (exact) mass is 388 g/mol. The first-order chi connectivity index (χ1) is 13.6. The Morgan fingerprint density at radius 2 is 1.75 bits per heavy atom. The Morgan fingerprint density at radius 1 is 1.07 bits per heavy atom. The van der Waals surface area contributed by atoms with Gasteiger partial charge in [-0.1, -0.05) is 0 Å². The summed E-state index contributed by atoms with van der Waals surface area (Å²) >= 11 is 0. The summed E-state index contributed by atoms with van der Waals surface area (Å²) in [6, 6.07) is 10.00. The lowest BCUT2D eigenvalue weighted by atomic mass is 10.1. The molecule has 8 heteroatoms. The molecule has 0 aliphatic carbocycles. The summed E-state index contributed by atoms with van der Waals surface area (Å²) in [7, 11) is 0. The number of rotatable bonds is 6. The average molecular weight is 388 g/mol. The van der Waals surface area contributed by atoms with Crippen LogP contribution in [0, 0.1) is 5.82 Å². The van der Waals surface area contributed by atoms with Gasteiger partial charge in [0.25, 0.3) is 0 Å². The van der Waals surface area contributed by atoms with E-state index in [1.165, 1.54) is 12.1 Å². The van der Waals surface area contributed by atoms with E-state index in [1.807, 2.05) is 12.1 Å². The van der Waals surface area contributed by atoms with Gasteiger partial charge in [-0.3, -0.25) is 14.5 Å². The van der Waals surface area contributed by atoms with Crippen molar-refractivity contribution in [3.05, 3.63) is 54.2 Å². The Labute approximate surface area is 163 Å². The Kier molecular flexibility index (Phi) is 6.65. The normalized spacial score (nSPS) is 15.9. The predicted octanol–water partition coefficient (Wildman–Crippen LogP) is 1.53. The van der Waals surface area contributed by atoms with Gasteiger partial charge in [0.2, 0.25) is 0 Å². The quantitative estimate of drug-likeness (QED) is 0.734. The minimum Gasteiger partial charge on any atom is -0.468 e. The second-order valence-corrected chi connectivity index (χ2v) is 6.60. The van der Waals surface area contributed by atoms with Gasteiger partial charge in [-0.25, -0.2) is 4.39 Å². The Balaban J connectivity index is 1.61. The molecule has 0 bridgehead atoms. The van der Waals surface area contributed by atoms with Crippen molar-refractivity contribution in [1.82, 2.24) is 15.5 Å². The topological polar surface area (TPSA) is 77.8 Å². The minimum absolute atomic E-state index is 0.163. The third-order valence-electron chi connectivity index (χ3n) is 4.82. The molecule has 1 saturated heterocycles. The van der Waals surface area contributed by atoms with Crippen LogP contribution in [0.3, 0.4) is 0 Å². The van der Waals surface area contributed by atoms with Crippen LogP contribution in [0.15, 0.2) is 47.1 Å². The van der Waals surface area contributed by atoms with E-state index in [0.717, 1.165) is 37.6 Å². The van der Waals surface area contributed by atoms with E-state index in [-0.39, 0.29) is 18.4 Å². The summed E-state index contributed by atoms with van der Waals surface area (Å²) in [6.45, 7) is 5.48. The van der Waals surface area contributed by atoms with Crippen LogP contribution >= 0.6 is 0 Å². The van der Waals surface area contributed by atoms with Crippen LogP contribution in [0.2, 0.25) is 0 Å². The van der Waals surface area contributed by atoms with Gasteiger partial charge in [0.05, 0.1) is 12.3 Å². The molecule has 2 aromatic rings. The highest BCUT2D eigenvalue weighted by Gasteiger charge is 2.28. The first-order valence-electron chi connectivity index (χ1n) is 9.42. The summed E-state index contributed by atoms with van der Waals surface area (Å²) < 4.78 is 18.7. The molecule has 2 heterocycles. The molecule has 0 spiro atoms. The number of nitrogens with zero attached hydrogens (tertiary/aromatic N) is 2. The number of carbonyl (C=O) groups is 2. The van der Waals surface area contributed by atoms with Gasteiger partial charge in [0.1, 0.15) is 11.6 Å². The third-order valence-corrected chi connectivity index (χ3v) is 4.82. The zero-order valence-electron chi connectivity index (χ0n) is 15.9. The summed E-state index contributed by atoms with van der Waals surface area (Å²) in [5.74, 6) is -0.792. The van der Waals surface area contributed by atoms with Gasteiger partial charge in [-0.15, -0.1) is 0 Å². The molecular formula is C20H25FN4O3. The van der Waals surface area contributed by atoms with Crippen LogP contribution < -0.4 is 15.5 Å². The average Bonchev–Trinajstić information content (AvgIpc) is 3.24. The maximum atomic E-state index is 13.1. The summed E-state index contributed by atoms with van der Waals surface area (Å²) in [4.78, 5) is 28.0. The summed E-state index contributed by atoms with van der Waals surface area (Å²) in [6.07, 6.45) is 1.60. The number of halogens is 1. The maximum Gasteiger partial charge on any atom is 0.309 e. The van der Waals surface area contributed by atoms with Crippen LogP contribution in [-0.2, 0) is 9.59 Å². The molecule has 1 aliphatic heterocycles. The molecule has 0 radical (unpaired) electrons. The molecule has 1 atom stereocenters. The molecule has 150 valence electrons. The zero-order chi connectivity index (χ0) is 19.9. The molecule has 0 saturated carbocycles. The Bertz CT molecular complexity index is 771. The van der Waals surface area contributed by atoms with Gasteiger partial charge in [-0.05, 0) is 43.3 Å². The van der Waals surface area contributed by atoms with Crippen molar-refractivity contribution in [3.63, 3.8) is 0 Å². The number of nitrogens with one attached hydrogen (secondary N) is 2. The van der Waals surface area contributed by atoms with Crippen molar-refractivity contribution in [2.75, 3.05) is 44.2 Å². The number of anilines is 1. The molecule has 1 aliphatic rings. The molecule has 3 rings (SSSR count). The number of hydrogen-bond donors (Lipinski definition) is 2. The highest BCUT2D eigenvalue weighted by Crippen LogP contribution is 2.24. The fraction of sp³-hybridized carbons (Fsp3) is 0.400. The molecular weight excluding hydrogens is 363 g/mol. The van der Waals surface area contributed by atoms with E-state index in [2.05, 4.69) is 20.4 Å². The van der Waals surface area contributed by atoms with E-state index < -0.39 is 11.8 Å². The zero-order valence-corrected chi connectivity index (χ0v) is 15.9. The van der Waals surface area contributed by atoms with Crippen LogP contribution in [-0.4, -0.2) is 56.0 Å². The number of hydrogen-bond acceptors (Lipinski definition) is 5. The van der Waals surface area contributed by atoms with Crippen LogP contribution in [0.5, 0.6) is 0 Å². The smallest absolute Gasteiger partial charge is 0.309 e. The number of benzene rings is 1. The highest BCUT2D eigenvalue weighted by atomic mass is 19.1. The van der Waals surface area contributed by atoms with Crippen LogP contribution in [0.25, 0.3) is 0 Å². The van der Waals surface area contributed by atoms with Crippen molar-refractivity contribution in [2.24, 2.45) is 0 Å². The van der Waals surface area contributed by atoms with Crippen molar-refractivity contribution >= 4 is 17.5 Å². The second kappa shape index (κ2) is 9.36. The fourth-order valence-electron chi connectivity index (χ4n) is 3.34. The third kappa shape index (κ3) is 4.89. The lowest BCUT2D eigenvalue weighted by molar-refractivity contribution is -0.139. The summed E-state index contributed by atoms with van der Waals surface area (Å²) in [5.41, 5.74) is 0.986. The van der Waals surface area contributed by atoms with Gasteiger partial charge in [0.15, 0.2) is 0 Å². The first-order valence-corrected chi connectivity index (χ1v) is 9.42. The molecule has 2 N–H and O–H groups in total. The number of likely N-dealkylation sites (N-methyl/N-ethyl adjacent to an activating group) is 1. The molecule has 1 aromatic carbocycles. The summed E-state index contributed by atoms with van der Waals surface area (Å²) in [5, 5.41) is 5.18. The largest absolute Gasteiger partial charge is 0.468 e. The van der Waals surface area contributed by atoms with E-state index in [4.69, 9.17) is 4.42 Å². The highest BCUT2D eigenvalue weighted by molar-refractivity contribution is 6.35. The van der Waals surface area contributed by atoms with Gasteiger partial charge >= 0.3 is 11.8 Å². The van der Waals surface area contributed by atoms with Crippen molar-refractivity contribution in [1.29, 1.82) is 0 Å². The van der Waals surface area contributed by atoms with E-state index >= 15 is 0 Å². The van der Waals surface area contributed by atoms with Gasteiger partial charge in [0, 0.05) is 45.0 Å². The molecule has 28 heavy (non-hydrogen) atoms. The number of carbonyl (C=O) groups excluding carboxylic acids is 2. The lowest BCUT2D eigenvalue weighted by Crippen LogP contribution is -2.50. The number of piperazine rings is 1. The Morgan fingerprint density at radius 3 is 2.36 bits per heavy atom. The van der Waals surface area contributed by atoms with E-state index in [9.17, 15) is 14.0 Å². The first kappa shape index (κ1) is 19.9. The Hall–Kier alpha value is -2.87. The SMILES string of the molecule is CCNC(=O)C(=O)NCC(c1ccco1)N1CCN(c2ccc(F)cc2)CC1. The lowest BCUT2D eigenvalue weighted by Gasteiger charge is -2.39. The standard InChI is InChI=1S/C20H25FN4O3/c1-2-22-19(26)20(27)23-14-17(18-4-3-13-28-18)25-11-9-24(10-12-25)16-7-5-15(21)6-8-16/h3-8,13,17H,2,9-12,14H2,1H3,(H,22,26)(H,23,27). The van der Waals surface area contributed by atoms with Crippen LogP contribution in [0.4, 0.5) is 10.1 Å². The maximum absolute atomic E-state index is 13.1.